The van der Waals surface area contributed by atoms with Crippen LogP contribution >= 0.6 is 11.3 Å². The standard InChI is InChI=1S/C24H23FN4O2S/c1-24(2)12-17-22(18(30)13-24)32-23(27-17)29-10-11-31-19(14-29)15-6-3-4-7-16(15)26-21-9-5-8-20(25)28-21/h4-5,7-11,14H,3,6,12-13H2,1-2H3,(H,26,28). The molecule has 164 valence electrons. The summed E-state index contributed by atoms with van der Waals surface area (Å²) in [6.45, 7) is 4.20. The molecule has 1 N–H and O–H groups in total. The van der Waals surface area contributed by atoms with Gasteiger partial charge in [0.05, 0.1) is 16.8 Å². The molecule has 0 unspecified atom stereocenters. The zero-order valence-corrected chi connectivity index (χ0v) is 18.7. The fraction of sp³-hybridized carbons (Fsp3) is 0.292. The summed E-state index contributed by atoms with van der Waals surface area (Å²) in [5, 5.41) is 3.94. The van der Waals surface area contributed by atoms with Gasteiger partial charge in [-0.2, -0.15) is 4.39 Å². The lowest BCUT2D eigenvalue weighted by Gasteiger charge is -2.26. The molecule has 0 atom stereocenters. The minimum absolute atomic E-state index is 0.0674. The van der Waals surface area contributed by atoms with Crippen molar-refractivity contribution in [2.24, 2.45) is 5.41 Å². The van der Waals surface area contributed by atoms with Crippen molar-refractivity contribution in [1.29, 1.82) is 0 Å². The predicted octanol–water partition coefficient (Wildman–Crippen LogP) is 5.70. The maximum atomic E-state index is 13.5. The molecule has 0 fully saturated rings. The summed E-state index contributed by atoms with van der Waals surface area (Å²) in [5.41, 5.74) is 2.58. The normalized spacial score (nSPS) is 19.5. The molecule has 0 radical (unpaired) electrons. The smallest absolute Gasteiger partial charge is 0.214 e. The van der Waals surface area contributed by atoms with Crippen molar-refractivity contribution in [3.63, 3.8) is 0 Å². The Balaban J connectivity index is 1.46. The maximum Gasteiger partial charge on any atom is 0.214 e. The molecule has 5 rings (SSSR count). The molecule has 8 heteroatoms. The van der Waals surface area contributed by atoms with Crippen LogP contribution in [0.4, 0.5) is 15.3 Å². The molecule has 0 saturated carbocycles. The summed E-state index contributed by atoms with van der Waals surface area (Å²) in [5.74, 6) is 0.734. The van der Waals surface area contributed by atoms with Crippen LogP contribution in [0.5, 0.6) is 0 Å². The number of nitrogens with one attached hydrogen (secondary N) is 1. The SMILES string of the molecule is CC1(C)CC(=O)c2sc(N3C=COC(C4=C(Nc5cccc(F)n5)C=CCC4)=C3)nc2C1. The van der Waals surface area contributed by atoms with E-state index in [2.05, 4.69) is 30.2 Å². The largest absolute Gasteiger partial charge is 0.462 e. The van der Waals surface area contributed by atoms with E-state index in [9.17, 15) is 9.18 Å². The number of nitrogens with zero attached hydrogens (tertiary/aromatic N) is 3. The molecule has 32 heavy (non-hydrogen) atoms. The Morgan fingerprint density at radius 2 is 2.12 bits per heavy atom. The molecule has 1 aliphatic heterocycles. The monoisotopic (exact) mass is 450 g/mol. The van der Waals surface area contributed by atoms with Gasteiger partial charge < -0.3 is 10.1 Å². The molecule has 3 heterocycles. The Morgan fingerprint density at radius 1 is 1.25 bits per heavy atom. The van der Waals surface area contributed by atoms with Crippen LogP contribution in [0, 0.1) is 11.4 Å². The van der Waals surface area contributed by atoms with E-state index in [-0.39, 0.29) is 11.2 Å². The molecule has 3 aliphatic rings. The molecule has 0 bridgehead atoms. The summed E-state index contributed by atoms with van der Waals surface area (Å²) >= 11 is 1.42. The number of rotatable bonds is 4. The van der Waals surface area contributed by atoms with Gasteiger partial charge >= 0.3 is 0 Å². The highest BCUT2D eigenvalue weighted by Crippen LogP contribution is 2.40. The number of thiazole rings is 1. The number of pyridine rings is 1. The highest BCUT2D eigenvalue weighted by molar-refractivity contribution is 7.17. The molecule has 0 saturated heterocycles. The fourth-order valence-corrected chi connectivity index (χ4v) is 5.09. The number of hydrogen-bond acceptors (Lipinski definition) is 7. The summed E-state index contributed by atoms with van der Waals surface area (Å²) in [4.78, 5) is 23.9. The first-order chi connectivity index (χ1) is 15.4. The zero-order valence-electron chi connectivity index (χ0n) is 17.9. The topological polar surface area (TPSA) is 67.3 Å². The van der Waals surface area contributed by atoms with Crippen LogP contribution in [0.3, 0.4) is 0 Å². The Hall–Kier alpha value is -3.26. The van der Waals surface area contributed by atoms with E-state index in [0.29, 0.717) is 18.0 Å². The average molecular weight is 451 g/mol. The summed E-state index contributed by atoms with van der Waals surface area (Å²) in [7, 11) is 0. The Morgan fingerprint density at radius 3 is 2.97 bits per heavy atom. The van der Waals surface area contributed by atoms with Crippen LogP contribution in [-0.2, 0) is 11.2 Å². The number of anilines is 2. The van der Waals surface area contributed by atoms with E-state index >= 15 is 0 Å². The zero-order chi connectivity index (χ0) is 22.3. The molecule has 0 spiro atoms. The number of hydrogen-bond donors (Lipinski definition) is 1. The molecule has 0 aromatic carbocycles. The van der Waals surface area contributed by atoms with Gasteiger partial charge in [-0.25, -0.2) is 9.97 Å². The van der Waals surface area contributed by atoms with Crippen molar-refractivity contribution in [3.05, 3.63) is 82.6 Å². The number of carbonyl (C=O) groups excluding carboxylic acids is 1. The fourth-order valence-electron chi connectivity index (χ4n) is 4.11. The van der Waals surface area contributed by atoms with Crippen molar-refractivity contribution in [2.75, 3.05) is 10.2 Å². The summed E-state index contributed by atoms with van der Waals surface area (Å²) < 4.78 is 19.4. The van der Waals surface area contributed by atoms with Gasteiger partial charge in [0.1, 0.15) is 17.8 Å². The number of fused-ring (bicyclic) bond motifs is 1. The van der Waals surface area contributed by atoms with Gasteiger partial charge in [-0.05, 0) is 42.9 Å². The first kappa shape index (κ1) is 20.6. The first-order valence-corrected chi connectivity index (χ1v) is 11.4. The minimum atomic E-state index is -0.537. The van der Waals surface area contributed by atoms with Crippen molar-refractivity contribution >= 4 is 28.1 Å². The molecular weight excluding hydrogens is 427 g/mol. The van der Waals surface area contributed by atoms with Gasteiger partial charge in [0.2, 0.25) is 5.95 Å². The number of ketones is 1. The van der Waals surface area contributed by atoms with E-state index < -0.39 is 5.95 Å². The lowest BCUT2D eigenvalue weighted by atomic mass is 9.78. The number of allylic oxidation sites excluding steroid dienone is 3. The van der Waals surface area contributed by atoms with Gasteiger partial charge in [0.15, 0.2) is 10.9 Å². The van der Waals surface area contributed by atoms with Crippen molar-refractivity contribution in [3.8, 4) is 0 Å². The molecule has 2 aromatic rings. The first-order valence-electron chi connectivity index (χ1n) is 10.5. The predicted molar refractivity (Wildman–Crippen MR) is 123 cm³/mol. The lowest BCUT2D eigenvalue weighted by molar-refractivity contribution is 0.0916. The van der Waals surface area contributed by atoms with Gasteiger partial charge in [-0.3, -0.25) is 9.69 Å². The van der Waals surface area contributed by atoms with E-state index in [1.54, 1.807) is 24.6 Å². The van der Waals surface area contributed by atoms with Crippen LogP contribution in [0.15, 0.2) is 66.0 Å². The number of Topliss-reactive ketones (excluding diaryl/α,β-unsaturated/α-hetero) is 1. The average Bonchev–Trinajstić information content (AvgIpc) is 3.18. The molecule has 2 aromatic heterocycles. The maximum absolute atomic E-state index is 13.5. The lowest BCUT2D eigenvalue weighted by Crippen LogP contribution is -2.26. The van der Waals surface area contributed by atoms with E-state index in [1.807, 2.05) is 17.2 Å². The summed E-state index contributed by atoms with van der Waals surface area (Å²) in [6.07, 6.45) is 12.3. The van der Waals surface area contributed by atoms with E-state index in [4.69, 9.17) is 9.72 Å². The van der Waals surface area contributed by atoms with Crippen LogP contribution in [0.25, 0.3) is 0 Å². The highest BCUT2D eigenvalue weighted by Gasteiger charge is 2.34. The van der Waals surface area contributed by atoms with Crippen LogP contribution in [0.1, 0.15) is 48.5 Å². The molecule has 2 aliphatic carbocycles. The van der Waals surface area contributed by atoms with Crippen LogP contribution in [0.2, 0.25) is 0 Å². The second-order valence-corrected chi connectivity index (χ2v) is 9.80. The number of ether oxygens (including phenoxy) is 1. The van der Waals surface area contributed by atoms with E-state index in [0.717, 1.165) is 46.2 Å². The number of aromatic nitrogens is 2. The van der Waals surface area contributed by atoms with Crippen LogP contribution in [-0.4, -0.2) is 15.8 Å². The third-order valence-electron chi connectivity index (χ3n) is 5.56. The highest BCUT2D eigenvalue weighted by atomic mass is 32.1. The Labute approximate surface area is 189 Å². The third-order valence-corrected chi connectivity index (χ3v) is 6.72. The second-order valence-electron chi connectivity index (χ2n) is 8.82. The second kappa shape index (κ2) is 8.02. The van der Waals surface area contributed by atoms with E-state index in [1.165, 1.54) is 17.4 Å². The van der Waals surface area contributed by atoms with Gasteiger partial charge in [-0.1, -0.05) is 37.3 Å². The summed E-state index contributed by atoms with van der Waals surface area (Å²) in [6, 6.07) is 4.65. The third kappa shape index (κ3) is 4.10. The van der Waals surface area contributed by atoms with Crippen molar-refractivity contribution in [2.45, 2.75) is 39.5 Å². The number of carbonyl (C=O) groups is 1. The minimum Gasteiger partial charge on any atom is -0.462 e. The van der Waals surface area contributed by atoms with Gasteiger partial charge in [0.25, 0.3) is 0 Å². The number of halogens is 1. The molecular formula is C24H23FN4O2S. The Kier molecular flexibility index (Phi) is 5.17. The van der Waals surface area contributed by atoms with Crippen molar-refractivity contribution < 1.29 is 13.9 Å². The molecule has 6 nitrogen and oxygen atoms in total. The quantitative estimate of drug-likeness (QED) is 0.603. The Bertz CT molecular complexity index is 1210. The van der Waals surface area contributed by atoms with Crippen molar-refractivity contribution in [1.82, 2.24) is 9.97 Å². The van der Waals surface area contributed by atoms with Gasteiger partial charge in [0, 0.05) is 23.9 Å². The van der Waals surface area contributed by atoms with Gasteiger partial charge in [-0.15, -0.1) is 0 Å². The van der Waals surface area contributed by atoms with Crippen LogP contribution < -0.4 is 10.2 Å². The molecule has 0 amide bonds.